The Morgan fingerprint density at radius 2 is 1.42 bits per heavy atom. The first-order valence-corrected chi connectivity index (χ1v) is 11.5. The number of anilines is 2. The lowest BCUT2D eigenvalue weighted by molar-refractivity contribution is 0.395. The molecule has 0 spiro atoms. The topological polar surface area (TPSA) is 90.4 Å². The van der Waals surface area contributed by atoms with Crippen molar-refractivity contribution < 1.29 is 17.9 Å². The molecule has 0 bridgehead atoms. The van der Waals surface area contributed by atoms with Crippen LogP contribution >= 0.6 is 15.9 Å². The SMILES string of the molecule is COc1cc(Nc2nc3ccccc3nc2S(=O)(=O)c2ccc(Br)cc2)cc(OC)c1. The van der Waals surface area contributed by atoms with E-state index in [1.54, 1.807) is 48.5 Å². The standard InChI is InChI=1S/C22H18BrN3O4S/c1-29-16-11-15(12-17(13-16)30-2)24-21-22(26-20-6-4-3-5-19(20)25-21)31(27,28)18-9-7-14(23)8-10-18/h3-13H,1-2H3,(H,24,25). The zero-order chi connectivity index (χ0) is 22.0. The van der Waals surface area contributed by atoms with Crippen LogP contribution in [-0.2, 0) is 9.84 Å². The molecule has 31 heavy (non-hydrogen) atoms. The lowest BCUT2D eigenvalue weighted by Gasteiger charge is -2.14. The van der Waals surface area contributed by atoms with Crippen molar-refractivity contribution in [2.24, 2.45) is 0 Å². The number of benzene rings is 3. The van der Waals surface area contributed by atoms with Gasteiger partial charge in [-0.05, 0) is 36.4 Å². The molecule has 3 aromatic carbocycles. The average molecular weight is 500 g/mol. The Bertz CT molecular complexity index is 1340. The van der Waals surface area contributed by atoms with Crippen LogP contribution in [0.5, 0.6) is 11.5 Å². The largest absolute Gasteiger partial charge is 0.497 e. The molecular formula is C22H18BrN3O4S. The number of fused-ring (bicyclic) bond motifs is 1. The van der Waals surface area contributed by atoms with E-state index in [1.807, 2.05) is 6.07 Å². The van der Waals surface area contributed by atoms with Crippen molar-refractivity contribution in [2.45, 2.75) is 9.92 Å². The monoisotopic (exact) mass is 499 g/mol. The maximum atomic E-state index is 13.4. The normalized spacial score (nSPS) is 11.3. The molecule has 9 heteroatoms. The summed E-state index contributed by atoms with van der Waals surface area (Å²) < 4.78 is 38.3. The predicted octanol–water partition coefficient (Wildman–Crippen LogP) is 4.99. The average Bonchev–Trinajstić information content (AvgIpc) is 2.78. The third kappa shape index (κ3) is 4.33. The first-order chi connectivity index (χ1) is 14.9. The number of para-hydroxylation sites is 2. The number of halogens is 1. The predicted molar refractivity (Wildman–Crippen MR) is 122 cm³/mol. The number of sulfone groups is 1. The first kappa shape index (κ1) is 21.1. The lowest BCUT2D eigenvalue weighted by atomic mass is 10.2. The number of hydrogen-bond donors (Lipinski definition) is 1. The fourth-order valence-corrected chi connectivity index (χ4v) is 4.55. The summed E-state index contributed by atoms with van der Waals surface area (Å²) in [5.74, 6) is 1.21. The second-order valence-electron chi connectivity index (χ2n) is 6.55. The lowest BCUT2D eigenvalue weighted by Crippen LogP contribution is -2.10. The van der Waals surface area contributed by atoms with E-state index in [0.29, 0.717) is 28.2 Å². The summed E-state index contributed by atoms with van der Waals surface area (Å²) >= 11 is 3.33. The van der Waals surface area contributed by atoms with Crippen molar-refractivity contribution >= 4 is 48.3 Å². The van der Waals surface area contributed by atoms with E-state index in [1.165, 1.54) is 26.4 Å². The smallest absolute Gasteiger partial charge is 0.227 e. The van der Waals surface area contributed by atoms with E-state index < -0.39 is 9.84 Å². The first-order valence-electron chi connectivity index (χ1n) is 9.18. The van der Waals surface area contributed by atoms with Gasteiger partial charge in [-0.2, -0.15) is 0 Å². The fourth-order valence-electron chi connectivity index (χ4n) is 2.99. The van der Waals surface area contributed by atoms with Gasteiger partial charge < -0.3 is 14.8 Å². The van der Waals surface area contributed by atoms with Crippen LogP contribution in [0.2, 0.25) is 0 Å². The molecule has 0 fully saturated rings. The van der Waals surface area contributed by atoms with Gasteiger partial charge in [0.15, 0.2) is 5.82 Å². The summed E-state index contributed by atoms with van der Waals surface area (Å²) in [5, 5.41) is 2.91. The van der Waals surface area contributed by atoms with Crippen LogP contribution in [0.1, 0.15) is 0 Å². The highest BCUT2D eigenvalue weighted by molar-refractivity contribution is 9.10. The van der Waals surface area contributed by atoms with Gasteiger partial charge in [0.2, 0.25) is 14.9 Å². The van der Waals surface area contributed by atoms with Crippen LogP contribution < -0.4 is 14.8 Å². The summed E-state index contributed by atoms with van der Waals surface area (Å²) in [6, 6.07) is 18.6. The molecule has 1 aromatic heterocycles. The number of aromatic nitrogens is 2. The van der Waals surface area contributed by atoms with E-state index in [-0.39, 0.29) is 15.7 Å². The fraction of sp³-hybridized carbons (Fsp3) is 0.0909. The molecule has 4 aromatic rings. The molecule has 0 aliphatic rings. The van der Waals surface area contributed by atoms with Gasteiger partial charge in [-0.3, -0.25) is 0 Å². The molecular weight excluding hydrogens is 482 g/mol. The number of nitrogens with one attached hydrogen (secondary N) is 1. The molecule has 0 amide bonds. The maximum Gasteiger partial charge on any atom is 0.227 e. The summed E-state index contributed by atoms with van der Waals surface area (Å²) in [6.45, 7) is 0. The number of hydrogen-bond acceptors (Lipinski definition) is 7. The molecule has 0 unspecified atom stereocenters. The highest BCUT2D eigenvalue weighted by Gasteiger charge is 2.25. The molecule has 0 saturated heterocycles. The van der Waals surface area contributed by atoms with Crippen LogP contribution in [-0.4, -0.2) is 32.6 Å². The van der Waals surface area contributed by atoms with Crippen molar-refractivity contribution in [1.82, 2.24) is 9.97 Å². The molecule has 0 aliphatic carbocycles. The Hall–Kier alpha value is -3.17. The van der Waals surface area contributed by atoms with Gasteiger partial charge >= 0.3 is 0 Å². The van der Waals surface area contributed by atoms with Gasteiger partial charge in [-0.15, -0.1) is 0 Å². The van der Waals surface area contributed by atoms with Crippen molar-refractivity contribution in [3.8, 4) is 11.5 Å². The number of methoxy groups -OCH3 is 2. The maximum absolute atomic E-state index is 13.4. The molecule has 4 rings (SSSR count). The minimum atomic E-state index is -3.95. The third-order valence-electron chi connectivity index (χ3n) is 4.53. The van der Waals surface area contributed by atoms with Gasteiger partial charge in [0.05, 0.1) is 30.1 Å². The van der Waals surface area contributed by atoms with Crippen LogP contribution in [0.4, 0.5) is 11.5 Å². The van der Waals surface area contributed by atoms with E-state index in [4.69, 9.17) is 9.47 Å². The highest BCUT2D eigenvalue weighted by atomic mass is 79.9. The second-order valence-corrected chi connectivity index (χ2v) is 9.33. The second kappa shape index (κ2) is 8.52. The van der Waals surface area contributed by atoms with Crippen LogP contribution in [0, 0.1) is 0 Å². The summed E-state index contributed by atoms with van der Waals surface area (Å²) in [5.41, 5.74) is 1.59. The van der Waals surface area contributed by atoms with Crippen molar-refractivity contribution in [1.29, 1.82) is 0 Å². The van der Waals surface area contributed by atoms with E-state index in [0.717, 1.165) is 4.47 Å². The zero-order valence-electron chi connectivity index (χ0n) is 16.7. The Balaban J connectivity index is 1.89. The van der Waals surface area contributed by atoms with Gasteiger partial charge in [-0.1, -0.05) is 28.1 Å². The summed E-state index contributed by atoms with van der Waals surface area (Å²) in [6.07, 6.45) is 0. The van der Waals surface area contributed by atoms with E-state index >= 15 is 0 Å². The highest BCUT2D eigenvalue weighted by Crippen LogP contribution is 2.32. The minimum Gasteiger partial charge on any atom is -0.497 e. The Morgan fingerprint density at radius 1 is 0.839 bits per heavy atom. The number of nitrogens with zero attached hydrogens (tertiary/aromatic N) is 2. The van der Waals surface area contributed by atoms with Crippen molar-refractivity contribution in [3.63, 3.8) is 0 Å². The molecule has 0 aliphatic heterocycles. The third-order valence-corrected chi connectivity index (χ3v) is 6.75. The summed E-state index contributed by atoms with van der Waals surface area (Å²) in [7, 11) is -0.870. The number of ether oxygens (including phenoxy) is 2. The van der Waals surface area contributed by atoms with Gasteiger partial charge in [-0.25, -0.2) is 18.4 Å². The van der Waals surface area contributed by atoms with Gasteiger partial charge in [0.1, 0.15) is 11.5 Å². The molecule has 158 valence electrons. The molecule has 7 nitrogen and oxygen atoms in total. The molecule has 0 saturated carbocycles. The molecule has 0 radical (unpaired) electrons. The van der Waals surface area contributed by atoms with Crippen LogP contribution in [0.3, 0.4) is 0 Å². The van der Waals surface area contributed by atoms with E-state index in [2.05, 4.69) is 31.2 Å². The van der Waals surface area contributed by atoms with E-state index in [9.17, 15) is 8.42 Å². The minimum absolute atomic E-state index is 0.108. The zero-order valence-corrected chi connectivity index (χ0v) is 19.1. The summed E-state index contributed by atoms with van der Waals surface area (Å²) in [4.78, 5) is 9.10. The quantitative estimate of drug-likeness (QED) is 0.399. The Morgan fingerprint density at radius 3 is 2.00 bits per heavy atom. The molecule has 1 N–H and O–H groups in total. The molecule has 0 atom stereocenters. The number of rotatable bonds is 6. The van der Waals surface area contributed by atoms with Gasteiger partial charge in [0.25, 0.3) is 0 Å². The Labute approximate surface area is 188 Å². The Kier molecular flexibility index (Phi) is 5.79. The van der Waals surface area contributed by atoms with Crippen molar-refractivity contribution in [2.75, 3.05) is 19.5 Å². The molecule has 1 heterocycles. The van der Waals surface area contributed by atoms with Crippen LogP contribution in [0.15, 0.2) is 81.1 Å². The van der Waals surface area contributed by atoms with Crippen LogP contribution in [0.25, 0.3) is 11.0 Å². The van der Waals surface area contributed by atoms with Crippen molar-refractivity contribution in [3.05, 3.63) is 71.2 Å². The van der Waals surface area contributed by atoms with Gasteiger partial charge in [0, 0.05) is 28.4 Å².